The Hall–Kier alpha value is -3.17. The number of carbonyl (C=O) groups is 2. The van der Waals surface area contributed by atoms with E-state index in [2.05, 4.69) is 27.5 Å². The maximum Gasteiger partial charge on any atom is 0.254 e. The summed E-state index contributed by atoms with van der Waals surface area (Å²) in [4.78, 5) is 39.0. The van der Waals surface area contributed by atoms with E-state index in [0.717, 1.165) is 69.3 Å². The Morgan fingerprint density at radius 3 is 2.54 bits per heavy atom. The lowest BCUT2D eigenvalue weighted by atomic mass is 10.00. The molecule has 3 aliphatic heterocycles. The topological polar surface area (TPSA) is 84.0 Å². The van der Waals surface area contributed by atoms with Crippen molar-refractivity contribution in [1.29, 1.82) is 0 Å². The van der Waals surface area contributed by atoms with Crippen LogP contribution >= 0.6 is 0 Å². The average Bonchev–Trinajstić information content (AvgIpc) is 2.88. The number of piperazine rings is 1. The van der Waals surface area contributed by atoms with Crippen molar-refractivity contribution in [3.63, 3.8) is 0 Å². The molecule has 4 heterocycles. The lowest BCUT2D eigenvalue weighted by Crippen LogP contribution is -2.56. The van der Waals surface area contributed by atoms with Crippen molar-refractivity contribution in [2.24, 2.45) is 0 Å². The number of pyridine rings is 1. The molecule has 0 bridgehead atoms. The molecule has 3 aliphatic rings. The minimum atomic E-state index is -0.261. The van der Waals surface area contributed by atoms with Gasteiger partial charge in [0.1, 0.15) is 11.9 Å². The van der Waals surface area contributed by atoms with Crippen LogP contribution in [0.1, 0.15) is 30.1 Å². The van der Waals surface area contributed by atoms with Crippen molar-refractivity contribution < 1.29 is 9.59 Å². The minimum Gasteiger partial charge on any atom is -0.340 e. The molecule has 9 heteroatoms. The zero-order chi connectivity index (χ0) is 24.5. The van der Waals surface area contributed by atoms with Gasteiger partial charge >= 0.3 is 0 Å². The molecular weight excluding hydrogens is 442 g/mol. The zero-order valence-corrected chi connectivity index (χ0v) is 20.8. The van der Waals surface area contributed by atoms with Crippen molar-refractivity contribution >= 4 is 34.8 Å². The van der Waals surface area contributed by atoms with Crippen molar-refractivity contribution in [1.82, 2.24) is 20.1 Å². The summed E-state index contributed by atoms with van der Waals surface area (Å²) in [6, 6.07) is 11.5. The first-order valence-electron chi connectivity index (χ1n) is 12.5. The maximum atomic E-state index is 13.0. The van der Waals surface area contributed by atoms with E-state index in [9.17, 15) is 9.59 Å². The van der Waals surface area contributed by atoms with Crippen LogP contribution < -0.4 is 20.4 Å². The number of fused-ring (bicyclic) bond motifs is 1. The highest BCUT2D eigenvalue weighted by atomic mass is 16.2. The molecule has 2 fully saturated rings. The van der Waals surface area contributed by atoms with Gasteiger partial charge in [-0.1, -0.05) is 6.07 Å². The van der Waals surface area contributed by atoms with E-state index in [1.54, 1.807) is 4.90 Å². The number of carbonyl (C=O) groups excluding carboxylic acids is 2. The molecule has 2 saturated heterocycles. The molecule has 1 aromatic carbocycles. The number of nitrogens with zero attached hydrogens (tertiary/aromatic N) is 5. The van der Waals surface area contributed by atoms with Crippen LogP contribution in [0.3, 0.4) is 0 Å². The van der Waals surface area contributed by atoms with E-state index in [0.29, 0.717) is 11.4 Å². The molecule has 0 aliphatic carbocycles. The van der Waals surface area contributed by atoms with E-state index in [4.69, 9.17) is 4.98 Å². The molecule has 2 amide bonds. The largest absolute Gasteiger partial charge is 0.340 e. The number of hydrogen-bond acceptors (Lipinski definition) is 7. The monoisotopic (exact) mass is 477 g/mol. The van der Waals surface area contributed by atoms with Crippen molar-refractivity contribution in [2.45, 2.75) is 31.8 Å². The molecule has 0 spiro atoms. The Labute approximate surface area is 207 Å². The van der Waals surface area contributed by atoms with E-state index in [1.807, 2.05) is 55.3 Å². The quantitative estimate of drug-likeness (QED) is 0.698. The van der Waals surface area contributed by atoms with Gasteiger partial charge in [-0.2, -0.15) is 0 Å². The van der Waals surface area contributed by atoms with Gasteiger partial charge in [-0.05, 0) is 70.2 Å². The predicted octanol–water partition coefficient (Wildman–Crippen LogP) is 2.14. The summed E-state index contributed by atoms with van der Waals surface area (Å²) in [5.41, 5.74) is 2.32. The fraction of sp³-hybridized carbons (Fsp3) is 0.500. The van der Waals surface area contributed by atoms with Crippen LogP contribution in [0.2, 0.25) is 0 Å². The molecule has 1 aromatic heterocycles. The van der Waals surface area contributed by atoms with E-state index in [-0.39, 0.29) is 23.9 Å². The first kappa shape index (κ1) is 23.6. The van der Waals surface area contributed by atoms with Crippen LogP contribution in [0, 0.1) is 0 Å². The third-order valence-corrected chi connectivity index (χ3v) is 7.44. The van der Waals surface area contributed by atoms with Crippen molar-refractivity contribution in [3.8, 4) is 0 Å². The number of aromatic nitrogens is 1. The second-order valence-corrected chi connectivity index (χ2v) is 9.80. The Balaban J connectivity index is 1.39. The van der Waals surface area contributed by atoms with Gasteiger partial charge in [0.05, 0.1) is 5.69 Å². The fourth-order valence-corrected chi connectivity index (χ4v) is 5.31. The van der Waals surface area contributed by atoms with Gasteiger partial charge in [0.15, 0.2) is 5.82 Å². The SMILES string of the molecule is C[C@@H]1C(=O)N(C)c2ccc(Nc3cccc(C(=O)N4CCN(C)CC4)c3)nc2N1C1CCNCC1. The van der Waals surface area contributed by atoms with Crippen LogP contribution in [0.4, 0.5) is 23.0 Å². The Kier molecular flexibility index (Phi) is 6.62. The van der Waals surface area contributed by atoms with Gasteiger partial charge in [0.2, 0.25) is 5.91 Å². The minimum absolute atomic E-state index is 0.0613. The van der Waals surface area contributed by atoms with E-state index in [1.165, 1.54) is 0 Å². The summed E-state index contributed by atoms with van der Waals surface area (Å²) >= 11 is 0. The highest BCUT2D eigenvalue weighted by Crippen LogP contribution is 2.38. The smallest absolute Gasteiger partial charge is 0.254 e. The molecule has 186 valence electrons. The maximum absolute atomic E-state index is 13.0. The summed E-state index contributed by atoms with van der Waals surface area (Å²) in [6.45, 7) is 7.14. The fourth-order valence-electron chi connectivity index (χ4n) is 5.31. The van der Waals surface area contributed by atoms with Gasteiger partial charge in [0, 0.05) is 50.5 Å². The molecule has 0 saturated carbocycles. The number of benzene rings is 1. The second kappa shape index (κ2) is 9.83. The normalized spacial score (nSPS) is 21.7. The molecule has 0 unspecified atom stereocenters. The molecule has 5 rings (SSSR count). The predicted molar refractivity (Wildman–Crippen MR) is 139 cm³/mol. The number of anilines is 4. The van der Waals surface area contributed by atoms with Crippen LogP contribution in [0.5, 0.6) is 0 Å². The highest BCUT2D eigenvalue weighted by molar-refractivity contribution is 6.04. The first-order chi connectivity index (χ1) is 16.9. The lowest BCUT2D eigenvalue weighted by molar-refractivity contribution is -0.119. The molecule has 2 N–H and O–H groups in total. The van der Waals surface area contributed by atoms with Crippen molar-refractivity contribution in [2.75, 3.05) is 68.5 Å². The van der Waals surface area contributed by atoms with Crippen molar-refractivity contribution in [3.05, 3.63) is 42.0 Å². The van der Waals surface area contributed by atoms with E-state index >= 15 is 0 Å². The number of likely N-dealkylation sites (N-methyl/N-ethyl adjacent to an activating group) is 2. The Morgan fingerprint density at radius 1 is 1.06 bits per heavy atom. The number of piperidine rings is 1. The van der Waals surface area contributed by atoms with Gasteiger partial charge in [0.25, 0.3) is 5.91 Å². The molecule has 0 radical (unpaired) electrons. The average molecular weight is 478 g/mol. The molecular formula is C26H35N7O2. The van der Waals surface area contributed by atoms with Gasteiger partial charge in [-0.25, -0.2) is 4.98 Å². The standard InChI is InChI=1S/C26H35N7O2/c1-18-25(34)31(3)22-7-8-23(29-24(22)33(18)21-9-11-27-12-10-21)28-20-6-4-5-19(17-20)26(35)32-15-13-30(2)14-16-32/h4-8,17-18,21,27H,9-16H2,1-3H3,(H,28,29)/t18-/m1/s1. The summed E-state index contributed by atoms with van der Waals surface area (Å²) < 4.78 is 0. The number of nitrogens with one attached hydrogen (secondary N) is 2. The number of rotatable bonds is 4. The van der Waals surface area contributed by atoms with Gasteiger partial charge < -0.3 is 30.2 Å². The highest BCUT2D eigenvalue weighted by Gasteiger charge is 2.38. The van der Waals surface area contributed by atoms with Gasteiger partial charge in [-0.15, -0.1) is 0 Å². The van der Waals surface area contributed by atoms with Crippen LogP contribution in [-0.2, 0) is 4.79 Å². The summed E-state index contributed by atoms with van der Waals surface area (Å²) in [5, 5.41) is 6.80. The summed E-state index contributed by atoms with van der Waals surface area (Å²) in [6.07, 6.45) is 1.97. The third-order valence-electron chi connectivity index (χ3n) is 7.44. The lowest BCUT2D eigenvalue weighted by Gasteiger charge is -2.45. The molecule has 9 nitrogen and oxygen atoms in total. The van der Waals surface area contributed by atoms with Crippen LogP contribution in [-0.4, -0.2) is 92.0 Å². The first-order valence-corrected chi connectivity index (χ1v) is 12.5. The summed E-state index contributed by atoms with van der Waals surface area (Å²) in [7, 11) is 3.90. The summed E-state index contributed by atoms with van der Waals surface area (Å²) in [5.74, 6) is 1.68. The molecule has 35 heavy (non-hydrogen) atoms. The Morgan fingerprint density at radius 2 is 1.80 bits per heavy atom. The van der Waals surface area contributed by atoms with Crippen LogP contribution in [0.15, 0.2) is 36.4 Å². The number of amides is 2. The number of hydrogen-bond donors (Lipinski definition) is 2. The zero-order valence-electron chi connectivity index (χ0n) is 20.8. The second-order valence-electron chi connectivity index (χ2n) is 9.80. The van der Waals surface area contributed by atoms with Crippen LogP contribution in [0.25, 0.3) is 0 Å². The molecule has 2 aromatic rings. The van der Waals surface area contributed by atoms with E-state index < -0.39 is 0 Å². The molecule has 1 atom stereocenters. The van der Waals surface area contributed by atoms with Gasteiger partial charge in [-0.3, -0.25) is 9.59 Å². The third kappa shape index (κ3) is 4.70. The Bertz CT molecular complexity index is 1090.